The van der Waals surface area contributed by atoms with E-state index in [0.717, 1.165) is 36.9 Å². The molecule has 3 N–H and O–H groups in total. The van der Waals surface area contributed by atoms with Crippen molar-refractivity contribution in [2.45, 2.75) is 29.6 Å². The smallest absolute Gasteiger partial charge is 0.417 e. The largest absolute Gasteiger partial charge is 0.480 e. The summed E-state index contributed by atoms with van der Waals surface area (Å²) >= 11 is 1.06. The van der Waals surface area contributed by atoms with Crippen molar-refractivity contribution in [3.63, 3.8) is 0 Å². The Morgan fingerprint density at radius 3 is 2.50 bits per heavy atom. The summed E-state index contributed by atoms with van der Waals surface area (Å²) in [6.07, 6.45) is -2.16. The van der Waals surface area contributed by atoms with Crippen LogP contribution in [-0.2, 0) is 11.0 Å². The van der Waals surface area contributed by atoms with Crippen LogP contribution in [-0.4, -0.2) is 27.4 Å². The van der Waals surface area contributed by atoms with Gasteiger partial charge in [-0.15, -0.1) is 11.8 Å². The molecule has 0 amide bonds. The molecule has 0 aliphatic heterocycles. The first kappa shape index (κ1) is 15.1. The van der Waals surface area contributed by atoms with E-state index in [2.05, 4.69) is 4.98 Å². The highest BCUT2D eigenvalue weighted by Gasteiger charge is 2.48. The molecular formula is C12H13F3N2O2S. The Morgan fingerprint density at radius 2 is 2.10 bits per heavy atom. The minimum atomic E-state index is -4.43. The van der Waals surface area contributed by atoms with Crippen LogP contribution in [0.25, 0.3) is 0 Å². The molecular weight excluding hydrogens is 293 g/mol. The van der Waals surface area contributed by atoms with Crippen molar-refractivity contribution in [1.82, 2.24) is 4.98 Å². The van der Waals surface area contributed by atoms with Crippen molar-refractivity contribution >= 4 is 17.7 Å². The second-order valence-electron chi connectivity index (χ2n) is 4.79. The van der Waals surface area contributed by atoms with E-state index in [4.69, 9.17) is 10.8 Å². The van der Waals surface area contributed by atoms with E-state index in [1.807, 2.05) is 0 Å². The fraction of sp³-hybridized carbons (Fsp3) is 0.500. The molecule has 1 fully saturated rings. The summed E-state index contributed by atoms with van der Waals surface area (Å²) in [5.74, 6) is -1.06. The van der Waals surface area contributed by atoms with Crippen LogP contribution in [0.1, 0.15) is 18.4 Å². The Hall–Kier alpha value is -1.28. The molecule has 0 radical (unpaired) electrons. The van der Waals surface area contributed by atoms with Gasteiger partial charge in [0.25, 0.3) is 0 Å². The number of halogens is 3. The highest BCUT2D eigenvalue weighted by atomic mass is 32.2. The van der Waals surface area contributed by atoms with Crippen molar-refractivity contribution < 1.29 is 23.1 Å². The predicted octanol–water partition coefficient (Wildman–Crippen LogP) is 2.38. The summed E-state index contributed by atoms with van der Waals surface area (Å²) in [6.45, 7) is 0. The summed E-state index contributed by atoms with van der Waals surface area (Å²) in [5, 5.41) is 9.49. The monoisotopic (exact) mass is 306 g/mol. The van der Waals surface area contributed by atoms with Crippen molar-refractivity contribution in [1.29, 1.82) is 0 Å². The minimum Gasteiger partial charge on any atom is -0.480 e. The van der Waals surface area contributed by atoms with Crippen LogP contribution in [0.4, 0.5) is 13.2 Å². The summed E-state index contributed by atoms with van der Waals surface area (Å²) in [4.78, 5) is 14.9. The molecule has 1 aromatic heterocycles. The lowest BCUT2D eigenvalue weighted by Gasteiger charge is -2.23. The number of carboxylic acids is 1. The zero-order chi connectivity index (χ0) is 15.0. The number of rotatable bonds is 5. The molecule has 0 aromatic carbocycles. The van der Waals surface area contributed by atoms with Crippen molar-refractivity contribution in [3.8, 4) is 0 Å². The molecule has 1 aliphatic rings. The third-order valence-corrected chi connectivity index (χ3v) is 4.39. The number of hydrogen-bond donors (Lipinski definition) is 2. The maximum Gasteiger partial charge on any atom is 0.417 e. The number of alkyl halides is 3. The van der Waals surface area contributed by atoms with Gasteiger partial charge in [0.2, 0.25) is 0 Å². The Morgan fingerprint density at radius 1 is 1.45 bits per heavy atom. The molecule has 1 aliphatic carbocycles. The van der Waals surface area contributed by atoms with Gasteiger partial charge >= 0.3 is 12.1 Å². The van der Waals surface area contributed by atoms with Crippen LogP contribution in [0.3, 0.4) is 0 Å². The molecule has 0 bridgehead atoms. The second kappa shape index (κ2) is 5.25. The molecule has 1 aromatic rings. The van der Waals surface area contributed by atoms with Gasteiger partial charge in [-0.1, -0.05) is 0 Å². The number of pyridine rings is 1. The molecule has 0 saturated heterocycles. The SMILES string of the molecule is NC(CSc1ccc(C(F)(F)F)cn1)(C(=O)O)C1CC1. The van der Waals surface area contributed by atoms with Crippen molar-refractivity contribution in [2.24, 2.45) is 11.7 Å². The summed E-state index contributed by atoms with van der Waals surface area (Å²) in [7, 11) is 0. The summed E-state index contributed by atoms with van der Waals surface area (Å²) < 4.78 is 37.1. The molecule has 1 atom stereocenters. The molecule has 1 saturated carbocycles. The van der Waals surface area contributed by atoms with Crippen molar-refractivity contribution in [3.05, 3.63) is 23.9 Å². The molecule has 1 unspecified atom stereocenters. The van der Waals surface area contributed by atoms with E-state index in [1.165, 1.54) is 6.07 Å². The quantitative estimate of drug-likeness (QED) is 0.817. The Kier molecular flexibility index (Phi) is 3.97. The highest BCUT2D eigenvalue weighted by molar-refractivity contribution is 7.99. The van der Waals surface area contributed by atoms with Crippen LogP contribution in [0, 0.1) is 5.92 Å². The second-order valence-corrected chi connectivity index (χ2v) is 5.79. The number of carbonyl (C=O) groups is 1. The molecule has 4 nitrogen and oxygen atoms in total. The van der Waals surface area contributed by atoms with E-state index < -0.39 is 23.2 Å². The maximum atomic E-state index is 12.4. The van der Waals surface area contributed by atoms with E-state index in [1.54, 1.807) is 0 Å². The van der Waals surface area contributed by atoms with Gasteiger partial charge in [-0.05, 0) is 30.9 Å². The number of thioether (sulfide) groups is 1. The third kappa shape index (κ3) is 3.24. The third-order valence-electron chi connectivity index (χ3n) is 3.23. The Bertz CT molecular complexity index is 502. The Labute approximate surface area is 117 Å². The first-order valence-corrected chi connectivity index (χ1v) is 6.90. The van der Waals surface area contributed by atoms with E-state index >= 15 is 0 Å². The fourth-order valence-electron chi connectivity index (χ4n) is 1.78. The minimum absolute atomic E-state index is 0.0676. The lowest BCUT2D eigenvalue weighted by atomic mass is 9.98. The summed E-state index contributed by atoms with van der Waals surface area (Å²) in [5.41, 5.74) is 3.69. The van der Waals surface area contributed by atoms with E-state index in [0.29, 0.717) is 5.03 Å². The predicted molar refractivity (Wildman–Crippen MR) is 67.2 cm³/mol. The first-order chi connectivity index (χ1) is 9.23. The van der Waals surface area contributed by atoms with Gasteiger partial charge < -0.3 is 10.8 Å². The maximum absolute atomic E-state index is 12.4. The number of nitrogens with zero attached hydrogens (tertiary/aromatic N) is 1. The number of aliphatic carboxylic acids is 1. The van der Waals surface area contributed by atoms with Gasteiger partial charge in [-0.3, -0.25) is 4.79 Å². The normalized spacial score (nSPS) is 18.6. The average molecular weight is 306 g/mol. The first-order valence-electron chi connectivity index (χ1n) is 5.92. The number of aromatic nitrogens is 1. The Balaban J connectivity index is 2.02. The van der Waals surface area contributed by atoms with E-state index in [-0.39, 0.29) is 11.7 Å². The van der Waals surface area contributed by atoms with Gasteiger partial charge in [-0.2, -0.15) is 13.2 Å². The molecule has 2 rings (SSSR count). The zero-order valence-corrected chi connectivity index (χ0v) is 11.2. The highest BCUT2D eigenvalue weighted by Crippen LogP contribution is 2.41. The lowest BCUT2D eigenvalue weighted by Crippen LogP contribution is -2.52. The van der Waals surface area contributed by atoms with Crippen LogP contribution < -0.4 is 5.73 Å². The van der Waals surface area contributed by atoms with Crippen LogP contribution in [0.15, 0.2) is 23.4 Å². The number of carboxylic acid groups (broad SMARTS) is 1. The van der Waals surface area contributed by atoms with Gasteiger partial charge in [0, 0.05) is 11.9 Å². The van der Waals surface area contributed by atoms with Crippen molar-refractivity contribution in [2.75, 3.05) is 5.75 Å². The topological polar surface area (TPSA) is 76.2 Å². The van der Waals surface area contributed by atoms with Gasteiger partial charge in [0.05, 0.1) is 10.6 Å². The molecule has 20 heavy (non-hydrogen) atoms. The molecule has 1 heterocycles. The van der Waals surface area contributed by atoms with Gasteiger partial charge in [0.1, 0.15) is 5.54 Å². The molecule has 110 valence electrons. The standard InChI is InChI=1S/C12H13F3N2O2S/c13-12(14,15)8-3-4-9(17-5-8)20-6-11(16,10(18)19)7-1-2-7/h3-5,7H,1-2,6,16H2,(H,18,19). The van der Waals surface area contributed by atoms with Crippen LogP contribution >= 0.6 is 11.8 Å². The molecule has 8 heteroatoms. The van der Waals surface area contributed by atoms with Crippen LogP contribution in [0.5, 0.6) is 0 Å². The van der Waals surface area contributed by atoms with Crippen LogP contribution in [0.2, 0.25) is 0 Å². The zero-order valence-electron chi connectivity index (χ0n) is 10.4. The van der Waals surface area contributed by atoms with Gasteiger partial charge in [0.15, 0.2) is 0 Å². The molecule has 0 spiro atoms. The fourth-order valence-corrected chi connectivity index (χ4v) is 2.82. The number of nitrogens with two attached hydrogens (primary N) is 1. The summed E-state index contributed by atoms with van der Waals surface area (Å²) in [6, 6.07) is 2.15. The lowest BCUT2D eigenvalue weighted by molar-refractivity contribution is -0.143. The average Bonchev–Trinajstić information content (AvgIpc) is 3.19. The number of hydrogen-bond acceptors (Lipinski definition) is 4. The van der Waals surface area contributed by atoms with Gasteiger partial charge in [-0.25, -0.2) is 4.98 Å². The van der Waals surface area contributed by atoms with E-state index in [9.17, 15) is 18.0 Å².